The Kier molecular flexibility index (Phi) is 7.56. The van der Waals surface area contributed by atoms with Gasteiger partial charge < -0.3 is 10.2 Å². The van der Waals surface area contributed by atoms with Crippen molar-refractivity contribution in [3.8, 4) is 11.5 Å². The standard InChI is InChI=1S/C22H33O2P/c1-4-7-14-25(15-8-5-2,16-9-6-3)21-17-20(23)22(24)19-13-11-10-12-18(19)21/h10-13,17H,4-9,14-16H2,1-3H3,(H-,23,24)/p+1. The zero-order valence-electron chi connectivity index (χ0n) is 16.1. The lowest BCUT2D eigenvalue weighted by Crippen LogP contribution is -2.22. The van der Waals surface area contributed by atoms with Crippen LogP contribution in [0.4, 0.5) is 0 Å². The van der Waals surface area contributed by atoms with Gasteiger partial charge in [0.25, 0.3) is 0 Å². The Morgan fingerprint density at radius 1 is 0.760 bits per heavy atom. The third-order valence-electron chi connectivity index (χ3n) is 5.30. The van der Waals surface area contributed by atoms with Crippen LogP contribution < -0.4 is 5.30 Å². The molecule has 25 heavy (non-hydrogen) atoms. The smallest absolute Gasteiger partial charge is 0.165 e. The maximum atomic E-state index is 10.4. The van der Waals surface area contributed by atoms with Crippen molar-refractivity contribution in [2.75, 3.05) is 18.5 Å². The molecule has 3 heteroatoms. The molecule has 0 spiro atoms. The molecule has 0 radical (unpaired) electrons. The summed E-state index contributed by atoms with van der Waals surface area (Å²) in [5.41, 5.74) is 0. The van der Waals surface area contributed by atoms with Gasteiger partial charge in [0.1, 0.15) is 5.30 Å². The fourth-order valence-corrected chi connectivity index (χ4v) is 9.06. The lowest BCUT2D eigenvalue weighted by atomic mass is 10.1. The Morgan fingerprint density at radius 2 is 1.24 bits per heavy atom. The van der Waals surface area contributed by atoms with Crippen molar-refractivity contribution in [2.24, 2.45) is 0 Å². The highest BCUT2D eigenvalue weighted by molar-refractivity contribution is 7.83. The molecule has 0 aliphatic rings. The number of benzene rings is 2. The maximum absolute atomic E-state index is 10.4. The zero-order chi connectivity index (χ0) is 18.3. The predicted molar refractivity (Wildman–Crippen MR) is 113 cm³/mol. The van der Waals surface area contributed by atoms with Gasteiger partial charge in [-0.3, -0.25) is 0 Å². The lowest BCUT2D eigenvalue weighted by Gasteiger charge is -2.29. The first-order valence-electron chi connectivity index (χ1n) is 9.90. The highest BCUT2D eigenvalue weighted by Gasteiger charge is 2.40. The van der Waals surface area contributed by atoms with Crippen molar-refractivity contribution in [1.29, 1.82) is 0 Å². The molecule has 0 aliphatic heterocycles. The van der Waals surface area contributed by atoms with Gasteiger partial charge in [0, 0.05) is 24.1 Å². The molecule has 0 aromatic heterocycles. The molecular weight excluding hydrogens is 327 g/mol. The summed E-state index contributed by atoms with van der Waals surface area (Å²) in [6, 6.07) is 9.95. The van der Waals surface area contributed by atoms with Crippen LogP contribution in [0.1, 0.15) is 59.3 Å². The van der Waals surface area contributed by atoms with Crippen LogP contribution in [0, 0.1) is 0 Å². The van der Waals surface area contributed by atoms with Gasteiger partial charge in [-0.15, -0.1) is 0 Å². The maximum Gasteiger partial charge on any atom is 0.165 e. The number of hydrogen-bond acceptors (Lipinski definition) is 2. The van der Waals surface area contributed by atoms with Crippen LogP contribution >= 0.6 is 7.26 Å². The van der Waals surface area contributed by atoms with Crippen molar-refractivity contribution in [3.63, 3.8) is 0 Å². The quantitative estimate of drug-likeness (QED) is 0.385. The van der Waals surface area contributed by atoms with Crippen molar-refractivity contribution in [1.82, 2.24) is 0 Å². The molecule has 0 saturated heterocycles. The van der Waals surface area contributed by atoms with Crippen LogP contribution in [0.15, 0.2) is 30.3 Å². The van der Waals surface area contributed by atoms with E-state index in [0.29, 0.717) is 0 Å². The van der Waals surface area contributed by atoms with Gasteiger partial charge in [-0.1, -0.05) is 64.3 Å². The largest absolute Gasteiger partial charge is 0.504 e. The molecule has 0 heterocycles. The molecule has 2 aromatic carbocycles. The Morgan fingerprint density at radius 3 is 1.72 bits per heavy atom. The Labute approximate surface area is 153 Å². The second-order valence-corrected chi connectivity index (χ2v) is 11.3. The lowest BCUT2D eigenvalue weighted by molar-refractivity contribution is 0.408. The van der Waals surface area contributed by atoms with Crippen molar-refractivity contribution >= 4 is 23.3 Å². The van der Waals surface area contributed by atoms with Crippen LogP contribution in [0.5, 0.6) is 11.5 Å². The van der Waals surface area contributed by atoms with Gasteiger partial charge in [-0.2, -0.15) is 0 Å². The van der Waals surface area contributed by atoms with Crippen molar-refractivity contribution in [3.05, 3.63) is 30.3 Å². The highest BCUT2D eigenvalue weighted by Crippen LogP contribution is 2.61. The fraction of sp³-hybridized carbons (Fsp3) is 0.545. The molecule has 138 valence electrons. The summed E-state index contributed by atoms with van der Waals surface area (Å²) >= 11 is 0. The molecule has 0 amide bonds. The Hall–Kier alpha value is -1.27. The average molecular weight is 361 g/mol. The van der Waals surface area contributed by atoms with Crippen LogP contribution in [0.3, 0.4) is 0 Å². The summed E-state index contributed by atoms with van der Waals surface area (Å²) in [5, 5.41) is 24.0. The van der Waals surface area contributed by atoms with Crippen LogP contribution in [0.2, 0.25) is 0 Å². The molecule has 0 atom stereocenters. The van der Waals surface area contributed by atoms with E-state index in [1.807, 2.05) is 18.2 Å². The number of unbranched alkanes of at least 4 members (excludes halogenated alkanes) is 3. The fourth-order valence-electron chi connectivity index (χ4n) is 3.80. The Balaban J connectivity index is 2.65. The molecule has 0 unspecified atom stereocenters. The topological polar surface area (TPSA) is 40.5 Å². The van der Waals surface area contributed by atoms with E-state index >= 15 is 0 Å². The molecule has 0 bridgehead atoms. The summed E-state index contributed by atoms with van der Waals surface area (Å²) < 4.78 is 0. The van der Waals surface area contributed by atoms with E-state index in [1.165, 1.54) is 62.3 Å². The van der Waals surface area contributed by atoms with Crippen molar-refractivity contribution < 1.29 is 10.2 Å². The molecule has 2 rings (SSSR count). The summed E-state index contributed by atoms with van der Waals surface area (Å²) in [5.74, 6) is 0.0708. The molecule has 2 nitrogen and oxygen atoms in total. The van der Waals surface area contributed by atoms with E-state index in [1.54, 1.807) is 0 Å². The van der Waals surface area contributed by atoms with Crippen LogP contribution in [-0.4, -0.2) is 28.7 Å². The molecule has 0 fully saturated rings. The van der Waals surface area contributed by atoms with Crippen LogP contribution in [0.25, 0.3) is 10.8 Å². The minimum absolute atomic E-state index is 0.0268. The SMILES string of the molecule is CCCC[P+](CCCC)(CCCC)c1cc(O)c(O)c2ccccc12. The van der Waals surface area contributed by atoms with Crippen molar-refractivity contribution in [2.45, 2.75) is 59.3 Å². The van der Waals surface area contributed by atoms with Gasteiger partial charge in [-0.05, 0) is 19.3 Å². The average Bonchev–Trinajstić information content (AvgIpc) is 2.64. The van der Waals surface area contributed by atoms with E-state index in [0.717, 1.165) is 10.8 Å². The summed E-state index contributed by atoms with van der Waals surface area (Å²) in [6.07, 6.45) is 11.2. The molecule has 0 saturated carbocycles. The minimum atomic E-state index is -1.36. The number of aromatic hydroxyl groups is 2. The van der Waals surface area contributed by atoms with Gasteiger partial charge in [0.15, 0.2) is 11.5 Å². The third kappa shape index (κ3) is 4.47. The Bertz CT molecular complexity index is 659. The van der Waals surface area contributed by atoms with E-state index in [-0.39, 0.29) is 11.5 Å². The molecule has 2 N–H and O–H groups in total. The van der Waals surface area contributed by atoms with Gasteiger partial charge in [0.05, 0.1) is 18.5 Å². The predicted octanol–water partition coefficient (Wildman–Crippen LogP) is 6.29. The van der Waals surface area contributed by atoms with E-state index < -0.39 is 7.26 Å². The minimum Gasteiger partial charge on any atom is -0.504 e. The first kappa shape index (κ1) is 20.0. The number of phenolic OH excluding ortho intramolecular Hbond substituents is 2. The van der Waals surface area contributed by atoms with E-state index in [4.69, 9.17) is 0 Å². The third-order valence-corrected chi connectivity index (χ3v) is 10.2. The number of rotatable bonds is 10. The number of fused-ring (bicyclic) bond motifs is 1. The molecule has 0 aliphatic carbocycles. The second kappa shape index (κ2) is 9.43. The monoisotopic (exact) mass is 361 g/mol. The molecule has 2 aromatic rings. The van der Waals surface area contributed by atoms with Crippen LogP contribution in [-0.2, 0) is 0 Å². The first-order chi connectivity index (χ1) is 12.1. The highest BCUT2D eigenvalue weighted by atomic mass is 31.2. The summed E-state index contributed by atoms with van der Waals surface area (Å²) in [4.78, 5) is 0. The zero-order valence-corrected chi connectivity index (χ0v) is 17.0. The molecular formula is C22H34O2P+. The van der Waals surface area contributed by atoms with E-state index in [9.17, 15) is 10.2 Å². The number of hydrogen-bond donors (Lipinski definition) is 2. The first-order valence-corrected chi connectivity index (χ1v) is 12.2. The number of phenols is 2. The van der Waals surface area contributed by atoms with Gasteiger partial charge in [-0.25, -0.2) is 0 Å². The second-order valence-electron chi connectivity index (χ2n) is 7.19. The normalized spacial score (nSPS) is 12.0. The summed E-state index contributed by atoms with van der Waals surface area (Å²) in [6.45, 7) is 6.79. The van der Waals surface area contributed by atoms with Gasteiger partial charge in [0.2, 0.25) is 0 Å². The van der Waals surface area contributed by atoms with E-state index in [2.05, 4.69) is 32.9 Å². The van der Waals surface area contributed by atoms with Gasteiger partial charge >= 0.3 is 0 Å². The summed E-state index contributed by atoms with van der Waals surface area (Å²) in [7, 11) is -1.36.